The maximum atomic E-state index is 12.6. The number of aromatic nitrogens is 1. The number of thiazole rings is 1. The first kappa shape index (κ1) is 20.9. The number of carbonyl (C=O) groups excluding carboxylic acids is 1. The predicted molar refractivity (Wildman–Crippen MR) is 114 cm³/mol. The number of aryl methyl sites for hydroxylation is 1. The number of carbonyl (C=O) groups is 1. The number of sulfonamides is 1. The third kappa shape index (κ3) is 5.59. The Morgan fingerprint density at radius 2 is 1.72 bits per heavy atom. The number of nitrogens with one attached hydrogen (secondary N) is 2. The number of amides is 1. The van der Waals surface area contributed by atoms with Gasteiger partial charge in [0.25, 0.3) is 10.0 Å². The van der Waals surface area contributed by atoms with Crippen LogP contribution in [0.5, 0.6) is 0 Å². The molecular weight excluding hydrogens is 434 g/mol. The number of azo groups is 1. The lowest BCUT2D eigenvalue weighted by Crippen LogP contribution is -2.13. The summed E-state index contributed by atoms with van der Waals surface area (Å²) >= 11 is 6.91. The Bertz CT molecular complexity index is 1160. The molecule has 150 valence electrons. The zero-order chi connectivity index (χ0) is 21.0. The molecule has 0 bridgehead atoms. The van der Waals surface area contributed by atoms with Gasteiger partial charge in [-0.3, -0.25) is 9.52 Å². The minimum absolute atomic E-state index is 0.0452. The quantitative estimate of drug-likeness (QED) is 0.498. The Morgan fingerprint density at radius 3 is 2.34 bits per heavy atom. The number of rotatable bonds is 6. The number of hydrogen-bond acceptors (Lipinski definition) is 7. The van der Waals surface area contributed by atoms with Crippen molar-refractivity contribution in [2.24, 2.45) is 10.2 Å². The minimum Gasteiger partial charge on any atom is -0.326 e. The molecule has 8 nitrogen and oxygen atoms in total. The highest BCUT2D eigenvalue weighted by atomic mass is 35.5. The van der Waals surface area contributed by atoms with E-state index >= 15 is 0 Å². The zero-order valence-corrected chi connectivity index (χ0v) is 17.8. The highest BCUT2D eigenvalue weighted by Gasteiger charge is 2.17. The fourth-order valence-electron chi connectivity index (χ4n) is 2.23. The molecule has 0 saturated heterocycles. The van der Waals surface area contributed by atoms with Crippen LogP contribution in [0.2, 0.25) is 5.02 Å². The van der Waals surface area contributed by atoms with Crippen molar-refractivity contribution in [2.75, 3.05) is 10.0 Å². The SMILES string of the molecule is CC(=O)Nc1ccc(S(=O)(=O)Nc2nc(C)c(N=Nc3ccc(Cl)cc3)s2)cc1. The third-order valence-electron chi connectivity index (χ3n) is 3.56. The van der Waals surface area contributed by atoms with Gasteiger partial charge in [0.05, 0.1) is 16.3 Å². The van der Waals surface area contributed by atoms with E-state index in [1.807, 2.05) is 0 Å². The Balaban J connectivity index is 1.75. The normalized spacial score (nSPS) is 11.6. The first-order valence-electron chi connectivity index (χ1n) is 8.28. The molecule has 0 saturated carbocycles. The maximum Gasteiger partial charge on any atom is 0.263 e. The van der Waals surface area contributed by atoms with Gasteiger partial charge in [0, 0.05) is 17.6 Å². The molecule has 0 aliphatic rings. The van der Waals surface area contributed by atoms with Crippen LogP contribution in [0.4, 0.5) is 21.5 Å². The van der Waals surface area contributed by atoms with E-state index in [2.05, 4.69) is 25.3 Å². The van der Waals surface area contributed by atoms with Gasteiger partial charge in [0.1, 0.15) is 0 Å². The van der Waals surface area contributed by atoms with Gasteiger partial charge in [-0.25, -0.2) is 13.4 Å². The van der Waals surface area contributed by atoms with Gasteiger partial charge in [0.2, 0.25) is 5.91 Å². The van der Waals surface area contributed by atoms with Crippen molar-refractivity contribution in [1.29, 1.82) is 0 Å². The highest BCUT2D eigenvalue weighted by Crippen LogP contribution is 2.33. The van der Waals surface area contributed by atoms with Crippen molar-refractivity contribution in [2.45, 2.75) is 18.7 Å². The molecule has 0 fully saturated rings. The molecule has 0 aliphatic carbocycles. The van der Waals surface area contributed by atoms with E-state index in [1.54, 1.807) is 31.2 Å². The molecule has 1 aromatic heterocycles. The summed E-state index contributed by atoms with van der Waals surface area (Å²) in [5.41, 5.74) is 1.67. The van der Waals surface area contributed by atoms with E-state index in [1.165, 1.54) is 31.2 Å². The Hall–Kier alpha value is -2.82. The van der Waals surface area contributed by atoms with Gasteiger partial charge in [-0.05, 0) is 55.5 Å². The molecule has 1 heterocycles. The second-order valence-corrected chi connectivity index (χ2v) is 8.99. The molecule has 1 amide bonds. The van der Waals surface area contributed by atoms with Gasteiger partial charge in [0.15, 0.2) is 10.1 Å². The van der Waals surface area contributed by atoms with Crippen LogP contribution in [0.25, 0.3) is 0 Å². The van der Waals surface area contributed by atoms with Crippen LogP contribution in [-0.4, -0.2) is 19.3 Å². The van der Waals surface area contributed by atoms with Crippen LogP contribution in [0.15, 0.2) is 63.7 Å². The summed E-state index contributed by atoms with van der Waals surface area (Å²) in [6.07, 6.45) is 0. The van der Waals surface area contributed by atoms with Crippen LogP contribution in [-0.2, 0) is 14.8 Å². The molecule has 3 rings (SSSR count). The fraction of sp³-hybridized carbons (Fsp3) is 0.111. The molecule has 0 radical (unpaired) electrons. The lowest BCUT2D eigenvalue weighted by molar-refractivity contribution is -0.114. The second-order valence-electron chi connectivity index (χ2n) is 5.90. The van der Waals surface area contributed by atoms with Crippen LogP contribution in [0.1, 0.15) is 12.6 Å². The number of benzene rings is 2. The average molecular weight is 450 g/mol. The van der Waals surface area contributed by atoms with Crippen molar-refractivity contribution in [3.63, 3.8) is 0 Å². The first-order valence-corrected chi connectivity index (χ1v) is 11.0. The molecule has 0 spiro atoms. The summed E-state index contributed by atoms with van der Waals surface area (Å²) in [5, 5.41) is 12.1. The smallest absolute Gasteiger partial charge is 0.263 e. The maximum absolute atomic E-state index is 12.6. The van der Waals surface area contributed by atoms with E-state index in [9.17, 15) is 13.2 Å². The Kier molecular flexibility index (Phi) is 6.26. The van der Waals surface area contributed by atoms with E-state index in [0.29, 0.717) is 27.1 Å². The molecule has 0 atom stereocenters. The van der Waals surface area contributed by atoms with E-state index in [0.717, 1.165) is 11.3 Å². The summed E-state index contributed by atoms with van der Waals surface area (Å²) in [5.74, 6) is -0.239. The summed E-state index contributed by atoms with van der Waals surface area (Å²) in [4.78, 5) is 15.3. The van der Waals surface area contributed by atoms with Crippen molar-refractivity contribution in [3.05, 3.63) is 59.2 Å². The Morgan fingerprint density at radius 1 is 1.07 bits per heavy atom. The fourth-order valence-corrected chi connectivity index (χ4v) is 4.38. The number of nitrogens with zero attached hydrogens (tertiary/aromatic N) is 3. The minimum atomic E-state index is -3.84. The summed E-state index contributed by atoms with van der Waals surface area (Å²) in [6, 6.07) is 12.7. The van der Waals surface area contributed by atoms with Crippen LogP contribution < -0.4 is 10.0 Å². The average Bonchev–Trinajstić information content (AvgIpc) is 2.99. The zero-order valence-electron chi connectivity index (χ0n) is 15.4. The summed E-state index contributed by atoms with van der Waals surface area (Å²) < 4.78 is 27.6. The van der Waals surface area contributed by atoms with Gasteiger partial charge in [-0.1, -0.05) is 22.9 Å². The molecule has 3 aromatic rings. The van der Waals surface area contributed by atoms with Gasteiger partial charge >= 0.3 is 0 Å². The summed E-state index contributed by atoms with van der Waals surface area (Å²) in [6.45, 7) is 3.09. The van der Waals surface area contributed by atoms with Crippen molar-refractivity contribution in [1.82, 2.24) is 4.98 Å². The molecule has 2 N–H and O–H groups in total. The standard InChI is InChI=1S/C18H16ClN5O3S2/c1-11-17(23-22-15-5-3-13(19)4-6-15)28-18(20-11)24-29(26,27)16-9-7-14(8-10-16)21-12(2)25/h3-10H,1-2H3,(H,20,24)(H,21,25). The number of hydrogen-bond donors (Lipinski definition) is 2. The van der Waals surface area contributed by atoms with Crippen molar-refractivity contribution in [3.8, 4) is 0 Å². The first-order chi connectivity index (χ1) is 13.7. The predicted octanol–water partition coefficient (Wildman–Crippen LogP) is 5.28. The molecule has 11 heteroatoms. The monoisotopic (exact) mass is 449 g/mol. The van der Waals surface area contributed by atoms with E-state index in [4.69, 9.17) is 11.6 Å². The summed E-state index contributed by atoms with van der Waals surface area (Å²) in [7, 11) is -3.84. The molecule has 0 aliphatic heterocycles. The van der Waals surface area contributed by atoms with Crippen LogP contribution >= 0.6 is 22.9 Å². The number of anilines is 2. The molecule has 0 unspecified atom stereocenters. The Labute approximate surface area is 176 Å². The second kappa shape index (κ2) is 8.68. The van der Waals surface area contributed by atoms with Crippen molar-refractivity contribution < 1.29 is 13.2 Å². The van der Waals surface area contributed by atoms with Gasteiger partial charge in [-0.15, -0.1) is 10.2 Å². The van der Waals surface area contributed by atoms with Crippen LogP contribution in [0, 0.1) is 6.92 Å². The topological polar surface area (TPSA) is 113 Å². The lowest BCUT2D eigenvalue weighted by atomic mass is 10.3. The van der Waals surface area contributed by atoms with Crippen LogP contribution in [0.3, 0.4) is 0 Å². The van der Waals surface area contributed by atoms with Crippen molar-refractivity contribution >= 4 is 60.4 Å². The lowest BCUT2D eigenvalue weighted by Gasteiger charge is -2.06. The third-order valence-corrected chi connectivity index (χ3v) is 6.25. The van der Waals surface area contributed by atoms with Gasteiger partial charge < -0.3 is 5.32 Å². The number of halogens is 1. The molecular formula is C18H16ClN5O3S2. The molecule has 29 heavy (non-hydrogen) atoms. The van der Waals surface area contributed by atoms with E-state index in [-0.39, 0.29) is 15.9 Å². The highest BCUT2D eigenvalue weighted by molar-refractivity contribution is 7.93. The largest absolute Gasteiger partial charge is 0.326 e. The van der Waals surface area contributed by atoms with Gasteiger partial charge in [-0.2, -0.15) is 0 Å². The van der Waals surface area contributed by atoms with E-state index < -0.39 is 10.0 Å². The molecule has 2 aromatic carbocycles.